The van der Waals surface area contributed by atoms with Crippen LogP contribution in [0.15, 0.2) is 0 Å². The molecule has 76 valence electrons. The van der Waals surface area contributed by atoms with Crippen molar-refractivity contribution in [3.05, 3.63) is 0 Å². The van der Waals surface area contributed by atoms with Crippen molar-refractivity contribution in [1.29, 1.82) is 0 Å². The van der Waals surface area contributed by atoms with Gasteiger partial charge in [-0.05, 0) is 25.2 Å². The maximum Gasteiger partial charge on any atom is 0.237 e. The second kappa shape index (κ2) is 4.07. The van der Waals surface area contributed by atoms with E-state index in [0.29, 0.717) is 6.61 Å². The summed E-state index contributed by atoms with van der Waals surface area (Å²) in [7, 11) is 1.65. The summed E-state index contributed by atoms with van der Waals surface area (Å²) in [6.45, 7) is 0.650. The standard InChI is InChI=1S/C9H18N2O2/c1-13-6-4-7-3-2-5-9(7,11)8(10)12/h7H,2-6,11H2,1H3,(H2,10,12). The van der Waals surface area contributed by atoms with Gasteiger partial charge in [-0.25, -0.2) is 0 Å². The average Bonchev–Trinajstić information content (AvgIpc) is 2.45. The quantitative estimate of drug-likeness (QED) is 0.649. The van der Waals surface area contributed by atoms with Gasteiger partial charge in [0, 0.05) is 13.7 Å². The molecule has 0 heterocycles. The average molecular weight is 186 g/mol. The van der Waals surface area contributed by atoms with E-state index in [1.807, 2.05) is 0 Å². The van der Waals surface area contributed by atoms with E-state index in [2.05, 4.69) is 0 Å². The summed E-state index contributed by atoms with van der Waals surface area (Å²) < 4.78 is 4.97. The molecular formula is C9H18N2O2. The van der Waals surface area contributed by atoms with Gasteiger partial charge in [0.25, 0.3) is 0 Å². The SMILES string of the molecule is COCCC1CCCC1(N)C(N)=O. The van der Waals surface area contributed by atoms with Crippen molar-refractivity contribution in [3.8, 4) is 0 Å². The van der Waals surface area contributed by atoms with Crippen molar-refractivity contribution in [2.24, 2.45) is 17.4 Å². The fourth-order valence-corrected chi connectivity index (χ4v) is 2.09. The summed E-state index contributed by atoms with van der Waals surface area (Å²) in [5, 5.41) is 0. The van der Waals surface area contributed by atoms with Gasteiger partial charge in [0.05, 0.1) is 5.54 Å². The Kier molecular flexibility index (Phi) is 3.27. The third kappa shape index (κ3) is 2.00. The smallest absolute Gasteiger partial charge is 0.237 e. The van der Waals surface area contributed by atoms with Crippen molar-refractivity contribution in [3.63, 3.8) is 0 Å². The Labute approximate surface area is 78.6 Å². The van der Waals surface area contributed by atoms with Gasteiger partial charge in [-0.1, -0.05) is 6.42 Å². The van der Waals surface area contributed by atoms with Crippen molar-refractivity contribution in [1.82, 2.24) is 0 Å². The highest BCUT2D eigenvalue weighted by molar-refractivity contribution is 5.85. The van der Waals surface area contributed by atoms with E-state index < -0.39 is 5.54 Å². The third-order valence-electron chi connectivity index (χ3n) is 3.00. The first-order chi connectivity index (χ1) is 6.11. The predicted molar refractivity (Wildman–Crippen MR) is 49.9 cm³/mol. The number of hydrogen-bond donors (Lipinski definition) is 2. The number of amides is 1. The molecule has 1 fully saturated rings. The Hall–Kier alpha value is -0.610. The molecule has 13 heavy (non-hydrogen) atoms. The van der Waals surface area contributed by atoms with E-state index in [1.54, 1.807) is 7.11 Å². The highest BCUT2D eigenvalue weighted by Crippen LogP contribution is 2.35. The van der Waals surface area contributed by atoms with Crippen LogP contribution in [0, 0.1) is 5.92 Å². The van der Waals surface area contributed by atoms with E-state index in [1.165, 1.54) is 0 Å². The summed E-state index contributed by atoms with van der Waals surface area (Å²) in [4.78, 5) is 11.2. The zero-order chi connectivity index (χ0) is 9.90. The molecule has 0 saturated heterocycles. The lowest BCUT2D eigenvalue weighted by Crippen LogP contribution is -2.54. The monoisotopic (exact) mass is 186 g/mol. The molecule has 4 N–H and O–H groups in total. The molecular weight excluding hydrogens is 168 g/mol. The Bertz CT molecular complexity index is 196. The molecule has 0 bridgehead atoms. The van der Waals surface area contributed by atoms with E-state index in [9.17, 15) is 4.79 Å². The Morgan fingerprint density at radius 2 is 2.38 bits per heavy atom. The van der Waals surface area contributed by atoms with Gasteiger partial charge in [-0.2, -0.15) is 0 Å². The molecule has 1 aliphatic carbocycles. The number of ether oxygens (including phenoxy) is 1. The number of hydrogen-bond acceptors (Lipinski definition) is 3. The van der Waals surface area contributed by atoms with Gasteiger partial charge in [-0.15, -0.1) is 0 Å². The molecule has 1 amide bonds. The zero-order valence-corrected chi connectivity index (χ0v) is 8.08. The van der Waals surface area contributed by atoms with Gasteiger partial charge >= 0.3 is 0 Å². The molecule has 0 aromatic carbocycles. The summed E-state index contributed by atoms with van der Waals surface area (Å²) in [6, 6.07) is 0. The lowest BCUT2D eigenvalue weighted by atomic mass is 9.85. The fraction of sp³-hybridized carbons (Fsp3) is 0.889. The molecule has 2 atom stereocenters. The van der Waals surface area contributed by atoms with Crippen LogP contribution in [-0.2, 0) is 9.53 Å². The Balaban J connectivity index is 2.57. The second-order valence-corrected chi connectivity index (χ2v) is 3.78. The molecule has 1 rings (SSSR count). The minimum Gasteiger partial charge on any atom is -0.385 e. The minimum atomic E-state index is -0.779. The lowest BCUT2D eigenvalue weighted by Gasteiger charge is -2.27. The molecule has 4 nitrogen and oxygen atoms in total. The van der Waals surface area contributed by atoms with Crippen LogP contribution in [-0.4, -0.2) is 25.2 Å². The highest BCUT2D eigenvalue weighted by atomic mass is 16.5. The van der Waals surface area contributed by atoms with E-state index in [-0.39, 0.29) is 11.8 Å². The first-order valence-corrected chi connectivity index (χ1v) is 4.69. The lowest BCUT2D eigenvalue weighted by molar-refractivity contribution is -0.124. The summed E-state index contributed by atoms with van der Waals surface area (Å²) >= 11 is 0. The number of nitrogens with two attached hydrogens (primary N) is 2. The van der Waals surface area contributed by atoms with Crippen LogP contribution in [0.2, 0.25) is 0 Å². The van der Waals surface area contributed by atoms with E-state index >= 15 is 0 Å². The molecule has 1 aliphatic rings. The summed E-state index contributed by atoms with van der Waals surface area (Å²) in [5.41, 5.74) is 10.5. The zero-order valence-electron chi connectivity index (χ0n) is 8.08. The van der Waals surface area contributed by atoms with Crippen LogP contribution in [0.25, 0.3) is 0 Å². The number of carbonyl (C=O) groups excluding carboxylic acids is 1. The Morgan fingerprint density at radius 1 is 1.69 bits per heavy atom. The van der Waals surface area contributed by atoms with Crippen molar-refractivity contribution in [2.45, 2.75) is 31.2 Å². The third-order valence-corrected chi connectivity index (χ3v) is 3.00. The van der Waals surface area contributed by atoms with Crippen molar-refractivity contribution in [2.75, 3.05) is 13.7 Å². The van der Waals surface area contributed by atoms with Crippen LogP contribution < -0.4 is 11.5 Å². The summed E-state index contributed by atoms with van der Waals surface area (Å²) in [5.74, 6) is -0.170. The van der Waals surface area contributed by atoms with Crippen molar-refractivity contribution >= 4 is 5.91 Å². The minimum absolute atomic E-state index is 0.199. The molecule has 1 saturated carbocycles. The molecule has 0 aliphatic heterocycles. The number of primary amides is 1. The molecule has 0 aromatic rings. The second-order valence-electron chi connectivity index (χ2n) is 3.78. The maximum atomic E-state index is 11.2. The largest absolute Gasteiger partial charge is 0.385 e. The molecule has 2 unspecified atom stereocenters. The predicted octanol–water partition coefficient (Wildman–Crippen LogP) is 0.00580. The topological polar surface area (TPSA) is 78.3 Å². The first kappa shape index (κ1) is 10.5. The van der Waals surface area contributed by atoms with Gasteiger partial charge in [0.15, 0.2) is 0 Å². The van der Waals surface area contributed by atoms with Gasteiger partial charge in [0.1, 0.15) is 0 Å². The van der Waals surface area contributed by atoms with Crippen LogP contribution in [0.3, 0.4) is 0 Å². The molecule has 0 spiro atoms. The number of methoxy groups -OCH3 is 1. The van der Waals surface area contributed by atoms with Gasteiger partial charge in [0.2, 0.25) is 5.91 Å². The number of rotatable bonds is 4. The molecule has 0 aromatic heterocycles. The fourth-order valence-electron chi connectivity index (χ4n) is 2.09. The van der Waals surface area contributed by atoms with E-state index in [4.69, 9.17) is 16.2 Å². The maximum absolute atomic E-state index is 11.2. The van der Waals surface area contributed by atoms with Crippen LogP contribution in [0.5, 0.6) is 0 Å². The highest BCUT2D eigenvalue weighted by Gasteiger charge is 2.43. The van der Waals surface area contributed by atoms with Gasteiger partial charge < -0.3 is 16.2 Å². The van der Waals surface area contributed by atoms with Crippen LogP contribution in [0.4, 0.5) is 0 Å². The Morgan fingerprint density at radius 3 is 2.92 bits per heavy atom. The molecule has 0 radical (unpaired) electrons. The normalized spacial score (nSPS) is 33.5. The van der Waals surface area contributed by atoms with Crippen LogP contribution in [0.1, 0.15) is 25.7 Å². The van der Waals surface area contributed by atoms with E-state index in [0.717, 1.165) is 25.7 Å². The number of carbonyl (C=O) groups is 1. The van der Waals surface area contributed by atoms with Crippen LogP contribution >= 0.6 is 0 Å². The van der Waals surface area contributed by atoms with Crippen molar-refractivity contribution < 1.29 is 9.53 Å². The first-order valence-electron chi connectivity index (χ1n) is 4.69. The summed E-state index contributed by atoms with van der Waals surface area (Å²) in [6.07, 6.45) is 3.53. The van der Waals surface area contributed by atoms with Gasteiger partial charge in [-0.3, -0.25) is 4.79 Å². The molecule has 4 heteroatoms.